The first kappa shape index (κ1) is 12.0. The van der Waals surface area contributed by atoms with Crippen LogP contribution in [0.4, 0.5) is 5.69 Å². The van der Waals surface area contributed by atoms with Gasteiger partial charge in [0.15, 0.2) is 0 Å². The van der Waals surface area contributed by atoms with Gasteiger partial charge in [0.05, 0.1) is 19.2 Å². The largest absolute Gasteiger partial charge is 0.469 e. The van der Waals surface area contributed by atoms with E-state index >= 15 is 0 Å². The van der Waals surface area contributed by atoms with Gasteiger partial charge in [-0.1, -0.05) is 12.1 Å². The van der Waals surface area contributed by atoms with Crippen molar-refractivity contribution in [1.82, 2.24) is 0 Å². The van der Waals surface area contributed by atoms with Gasteiger partial charge in [-0.3, -0.25) is 14.4 Å². The molecule has 18 heavy (non-hydrogen) atoms. The number of esters is 1. The summed E-state index contributed by atoms with van der Waals surface area (Å²) < 4.78 is 4.55. The van der Waals surface area contributed by atoms with Gasteiger partial charge >= 0.3 is 5.97 Å². The summed E-state index contributed by atoms with van der Waals surface area (Å²) in [5, 5.41) is 0. The molecule has 0 radical (unpaired) electrons. The molecule has 0 bridgehead atoms. The summed E-state index contributed by atoms with van der Waals surface area (Å²) in [4.78, 5) is 35.0. The lowest BCUT2D eigenvalue weighted by atomic mass is 10.1. The fraction of sp³-hybridized carbons (Fsp3) is 0.154. The van der Waals surface area contributed by atoms with Crippen LogP contribution in [0.5, 0.6) is 0 Å². The van der Waals surface area contributed by atoms with Crippen LogP contribution in [-0.4, -0.2) is 24.9 Å². The highest BCUT2D eigenvalue weighted by Crippen LogP contribution is 2.19. The van der Waals surface area contributed by atoms with Crippen molar-refractivity contribution < 1.29 is 19.1 Å². The Kier molecular flexibility index (Phi) is 3.23. The van der Waals surface area contributed by atoms with E-state index in [1.54, 1.807) is 24.3 Å². The third-order valence-corrected chi connectivity index (χ3v) is 2.58. The van der Waals surface area contributed by atoms with Gasteiger partial charge in [0.1, 0.15) is 0 Å². The van der Waals surface area contributed by atoms with Crippen molar-refractivity contribution in [3.8, 4) is 0 Å². The second-order valence-electron chi connectivity index (χ2n) is 3.76. The summed E-state index contributed by atoms with van der Waals surface area (Å²) in [5.41, 5.74) is 1.25. The van der Waals surface area contributed by atoms with Crippen molar-refractivity contribution in [2.24, 2.45) is 0 Å². The van der Waals surface area contributed by atoms with E-state index in [4.69, 9.17) is 0 Å². The summed E-state index contributed by atoms with van der Waals surface area (Å²) in [7, 11) is 1.32. The van der Waals surface area contributed by atoms with E-state index in [0.29, 0.717) is 5.69 Å². The highest BCUT2D eigenvalue weighted by molar-refractivity contribution is 6.28. The molecule has 0 saturated carbocycles. The number of amides is 2. The van der Waals surface area contributed by atoms with E-state index in [1.165, 1.54) is 19.3 Å². The minimum atomic E-state index is -0.360. The molecule has 1 heterocycles. The van der Waals surface area contributed by atoms with E-state index in [-0.39, 0.29) is 24.2 Å². The molecule has 1 aromatic carbocycles. The number of hydrogen-bond acceptors (Lipinski definition) is 4. The molecule has 0 atom stereocenters. The molecule has 5 heteroatoms. The highest BCUT2D eigenvalue weighted by Gasteiger charge is 2.24. The Labute approximate surface area is 104 Å². The number of hydrogen-bond donors (Lipinski definition) is 0. The lowest BCUT2D eigenvalue weighted by Gasteiger charge is -2.13. The number of ether oxygens (including phenoxy) is 1. The summed E-state index contributed by atoms with van der Waals surface area (Å²) in [6.07, 6.45) is 2.62. The first-order valence-electron chi connectivity index (χ1n) is 5.33. The molecule has 1 aliphatic rings. The molecule has 2 rings (SSSR count). The van der Waals surface area contributed by atoms with Crippen LogP contribution < -0.4 is 4.90 Å². The third kappa shape index (κ3) is 2.29. The molecule has 1 aliphatic heterocycles. The van der Waals surface area contributed by atoms with Gasteiger partial charge < -0.3 is 4.74 Å². The van der Waals surface area contributed by atoms with Gasteiger partial charge in [-0.05, 0) is 17.7 Å². The first-order valence-corrected chi connectivity index (χ1v) is 5.33. The standard InChI is InChI=1S/C13H11NO4/c1-18-13(17)8-9-2-4-10(5-3-9)14-11(15)6-7-12(14)16/h2-7H,8H2,1H3. The fourth-order valence-electron chi connectivity index (χ4n) is 1.66. The molecule has 0 N–H and O–H groups in total. The Morgan fingerprint density at radius 2 is 1.67 bits per heavy atom. The second kappa shape index (κ2) is 4.83. The number of anilines is 1. The van der Waals surface area contributed by atoms with E-state index in [0.717, 1.165) is 10.5 Å². The zero-order valence-electron chi connectivity index (χ0n) is 9.75. The highest BCUT2D eigenvalue weighted by atomic mass is 16.5. The molecule has 5 nitrogen and oxygen atoms in total. The lowest BCUT2D eigenvalue weighted by Crippen LogP contribution is -2.29. The molecular weight excluding hydrogens is 234 g/mol. The van der Waals surface area contributed by atoms with Gasteiger partial charge in [-0.15, -0.1) is 0 Å². The Bertz CT molecular complexity index is 512. The van der Waals surface area contributed by atoms with E-state index < -0.39 is 0 Å². The van der Waals surface area contributed by atoms with Gasteiger partial charge in [0, 0.05) is 12.2 Å². The third-order valence-electron chi connectivity index (χ3n) is 2.58. The van der Waals surface area contributed by atoms with Crippen LogP contribution in [0.25, 0.3) is 0 Å². The summed E-state index contributed by atoms with van der Waals surface area (Å²) in [5.74, 6) is -1.06. The fourth-order valence-corrected chi connectivity index (χ4v) is 1.66. The smallest absolute Gasteiger partial charge is 0.309 e. The maximum atomic E-state index is 11.4. The van der Waals surface area contributed by atoms with Crippen LogP contribution in [0.1, 0.15) is 5.56 Å². The average molecular weight is 245 g/mol. The van der Waals surface area contributed by atoms with Crippen molar-refractivity contribution >= 4 is 23.5 Å². The Morgan fingerprint density at radius 3 is 2.17 bits per heavy atom. The molecule has 0 fully saturated rings. The number of nitrogens with zero attached hydrogens (tertiary/aromatic N) is 1. The molecule has 2 amide bonds. The van der Waals surface area contributed by atoms with Crippen molar-refractivity contribution in [3.05, 3.63) is 42.0 Å². The summed E-state index contributed by atoms with van der Waals surface area (Å²) in [6, 6.07) is 6.62. The normalized spacial score (nSPS) is 14.2. The van der Waals surface area contributed by atoms with Crippen molar-refractivity contribution in [2.75, 3.05) is 12.0 Å². The number of methoxy groups -OCH3 is 1. The molecule has 0 unspecified atom stereocenters. The number of rotatable bonds is 3. The summed E-state index contributed by atoms with van der Waals surface area (Å²) >= 11 is 0. The zero-order valence-corrected chi connectivity index (χ0v) is 9.75. The van der Waals surface area contributed by atoms with Crippen molar-refractivity contribution in [1.29, 1.82) is 0 Å². The molecule has 92 valence electrons. The minimum absolute atomic E-state index is 0.164. The number of carbonyl (C=O) groups is 3. The SMILES string of the molecule is COC(=O)Cc1ccc(N2C(=O)C=CC2=O)cc1. The average Bonchev–Trinajstić information content (AvgIpc) is 2.70. The van der Waals surface area contributed by atoms with Crippen molar-refractivity contribution in [3.63, 3.8) is 0 Å². The molecule has 1 aromatic rings. The Balaban J connectivity index is 2.15. The zero-order chi connectivity index (χ0) is 13.1. The first-order chi connectivity index (χ1) is 8.61. The van der Waals surface area contributed by atoms with Gasteiger partial charge in [-0.2, -0.15) is 0 Å². The Morgan fingerprint density at radius 1 is 1.11 bits per heavy atom. The lowest BCUT2D eigenvalue weighted by molar-refractivity contribution is -0.139. The minimum Gasteiger partial charge on any atom is -0.469 e. The maximum Gasteiger partial charge on any atom is 0.309 e. The van der Waals surface area contributed by atoms with Crippen LogP contribution >= 0.6 is 0 Å². The Hall–Kier alpha value is -2.43. The van der Waals surface area contributed by atoms with Gasteiger partial charge in [-0.25, -0.2) is 4.90 Å². The van der Waals surface area contributed by atoms with Crippen LogP contribution in [0.3, 0.4) is 0 Å². The molecule has 0 spiro atoms. The number of benzene rings is 1. The number of imide groups is 1. The molecule has 0 saturated heterocycles. The summed E-state index contributed by atoms with van der Waals surface area (Å²) in [6.45, 7) is 0. The molecule has 0 aromatic heterocycles. The molecular formula is C13H11NO4. The van der Waals surface area contributed by atoms with Gasteiger partial charge in [0.25, 0.3) is 11.8 Å². The topological polar surface area (TPSA) is 63.7 Å². The maximum absolute atomic E-state index is 11.4. The quantitative estimate of drug-likeness (QED) is 0.584. The predicted molar refractivity (Wildman–Crippen MR) is 63.8 cm³/mol. The second-order valence-corrected chi connectivity index (χ2v) is 3.76. The van der Waals surface area contributed by atoms with Crippen LogP contribution in [-0.2, 0) is 25.5 Å². The van der Waals surface area contributed by atoms with E-state index in [2.05, 4.69) is 4.74 Å². The van der Waals surface area contributed by atoms with Crippen LogP contribution in [0, 0.1) is 0 Å². The van der Waals surface area contributed by atoms with Crippen LogP contribution in [0.15, 0.2) is 36.4 Å². The van der Waals surface area contributed by atoms with E-state index in [9.17, 15) is 14.4 Å². The van der Waals surface area contributed by atoms with Crippen molar-refractivity contribution in [2.45, 2.75) is 6.42 Å². The number of carbonyl (C=O) groups excluding carboxylic acids is 3. The van der Waals surface area contributed by atoms with E-state index in [1.807, 2.05) is 0 Å². The van der Waals surface area contributed by atoms with Crippen LogP contribution in [0.2, 0.25) is 0 Å². The monoisotopic (exact) mass is 245 g/mol. The molecule has 0 aliphatic carbocycles. The predicted octanol–water partition coefficient (Wildman–Crippen LogP) is 0.831. The van der Waals surface area contributed by atoms with Gasteiger partial charge in [0.2, 0.25) is 0 Å².